The summed E-state index contributed by atoms with van der Waals surface area (Å²) < 4.78 is 0. The van der Waals surface area contributed by atoms with Crippen molar-refractivity contribution in [2.45, 2.75) is 13.0 Å². The van der Waals surface area contributed by atoms with E-state index in [1.54, 1.807) is 6.07 Å². The molecule has 22 heavy (non-hydrogen) atoms. The Hall–Kier alpha value is -2.64. The highest BCUT2D eigenvalue weighted by atomic mass is 35.5. The van der Waals surface area contributed by atoms with Crippen LogP contribution in [0, 0.1) is 11.3 Å². The maximum absolute atomic E-state index is 9.00. The molecule has 5 heteroatoms. The quantitative estimate of drug-likeness (QED) is 0.782. The Morgan fingerprint density at radius 3 is 2.86 bits per heavy atom. The molecule has 2 aromatic carbocycles. The van der Waals surface area contributed by atoms with Crippen LogP contribution in [0.4, 0.5) is 5.82 Å². The average molecular weight is 309 g/mol. The van der Waals surface area contributed by atoms with Crippen molar-refractivity contribution in [2.24, 2.45) is 0 Å². The zero-order chi connectivity index (χ0) is 15.5. The van der Waals surface area contributed by atoms with Gasteiger partial charge in [-0.2, -0.15) is 5.26 Å². The highest BCUT2D eigenvalue weighted by Gasteiger charge is 2.10. The number of rotatable bonds is 3. The smallest absolute Gasteiger partial charge is 0.137 e. The summed E-state index contributed by atoms with van der Waals surface area (Å²) in [7, 11) is 0. The molecule has 3 aromatic rings. The first-order chi connectivity index (χ1) is 10.7. The summed E-state index contributed by atoms with van der Waals surface area (Å²) in [6.07, 6.45) is 1.51. The molecule has 1 heterocycles. The molecule has 0 aliphatic rings. The van der Waals surface area contributed by atoms with Crippen molar-refractivity contribution < 1.29 is 0 Å². The first-order valence-corrected chi connectivity index (χ1v) is 7.22. The fraction of sp³-hybridized carbons (Fsp3) is 0.118. The summed E-state index contributed by atoms with van der Waals surface area (Å²) in [5.41, 5.74) is 2.47. The molecule has 3 rings (SSSR count). The molecule has 1 atom stereocenters. The van der Waals surface area contributed by atoms with Crippen molar-refractivity contribution in [2.75, 3.05) is 5.32 Å². The van der Waals surface area contributed by atoms with Gasteiger partial charge in [0, 0.05) is 10.4 Å². The topological polar surface area (TPSA) is 61.6 Å². The zero-order valence-corrected chi connectivity index (χ0v) is 12.7. The third-order valence-electron chi connectivity index (χ3n) is 3.47. The number of nitrogens with zero attached hydrogens (tertiary/aromatic N) is 3. The van der Waals surface area contributed by atoms with E-state index < -0.39 is 0 Å². The lowest BCUT2D eigenvalue weighted by atomic mass is 10.1. The minimum atomic E-state index is 0.0158. The summed E-state index contributed by atoms with van der Waals surface area (Å²) >= 11 is 5.99. The SMILES string of the molecule is CC(Nc1ncnc2cc(Cl)ccc12)c1cccc(C#N)c1. The second-order valence-corrected chi connectivity index (χ2v) is 5.42. The normalized spacial score (nSPS) is 11.9. The van der Waals surface area contributed by atoms with Gasteiger partial charge < -0.3 is 5.32 Å². The van der Waals surface area contributed by atoms with Crippen LogP contribution < -0.4 is 5.32 Å². The third kappa shape index (κ3) is 2.85. The van der Waals surface area contributed by atoms with E-state index in [9.17, 15) is 0 Å². The molecule has 0 fully saturated rings. The number of halogens is 1. The lowest BCUT2D eigenvalue weighted by molar-refractivity contribution is 0.875. The highest BCUT2D eigenvalue weighted by molar-refractivity contribution is 6.31. The van der Waals surface area contributed by atoms with E-state index >= 15 is 0 Å². The maximum Gasteiger partial charge on any atom is 0.137 e. The van der Waals surface area contributed by atoms with Crippen LogP contribution in [0.5, 0.6) is 0 Å². The number of nitrogens with one attached hydrogen (secondary N) is 1. The molecule has 1 N–H and O–H groups in total. The van der Waals surface area contributed by atoms with Gasteiger partial charge in [0.05, 0.1) is 23.2 Å². The molecule has 1 aromatic heterocycles. The van der Waals surface area contributed by atoms with Crippen LogP contribution in [0.1, 0.15) is 24.1 Å². The molecular weight excluding hydrogens is 296 g/mol. The molecule has 0 bridgehead atoms. The van der Waals surface area contributed by atoms with Crippen molar-refractivity contribution >= 4 is 28.3 Å². The largest absolute Gasteiger partial charge is 0.363 e. The van der Waals surface area contributed by atoms with Crippen molar-refractivity contribution in [3.63, 3.8) is 0 Å². The molecule has 4 nitrogen and oxygen atoms in total. The van der Waals surface area contributed by atoms with Crippen LogP contribution in [-0.4, -0.2) is 9.97 Å². The summed E-state index contributed by atoms with van der Waals surface area (Å²) in [5, 5.41) is 13.9. The molecule has 0 radical (unpaired) electrons. The lowest BCUT2D eigenvalue weighted by Crippen LogP contribution is -2.08. The van der Waals surface area contributed by atoms with Crippen LogP contribution >= 0.6 is 11.6 Å². The first kappa shape index (κ1) is 14.3. The molecular formula is C17H13ClN4. The molecule has 0 aliphatic carbocycles. The average Bonchev–Trinajstić information content (AvgIpc) is 2.54. The van der Waals surface area contributed by atoms with Gasteiger partial charge in [0.15, 0.2) is 0 Å². The highest BCUT2D eigenvalue weighted by Crippen LogP contribution is 2.26. The van der Waals surface area contributed by atoms with Gasteiger partial charge in [-0.1, -0.05) is 23.7 Å². The standard InChI is InChI=1S/C17H13ClN4/c1-11(13-4-2-3-12(7-13)9-19)22-17-15-6-5-14(18)8-16(15)20-10-21-17/h2-8,10-11H,1H3,(H,20,21,22). The van der Waals surface area contributed by atoms with Gasteiger partial charge in [0.2, 0.25) is 0 Å². The zero-order valence-electron chi connectivity index (χ0n) is 11.9. The monoisotopic (exact) mass is 308 g/mol. The Balaban J connectivity index is 1.94. The molecule has 108 valence electrons. The Morgan fingerprint density at radius 1 is 1.18 bits per heavy atom. The predicted molar refractivity (Wildman–Crippen MR) is 87.7 cm³/mol. The van der Waals surface area contributed by atoms with Gasteiger partial charge in [0.25, 0.3) is 0 Å². The predicted octanol–water partition coefficient (Wildman–Crippen LogP) is 4.33. The van der Waals surface area contributed by atoms with E-state index in [0.717, 1.165) is 22.3 Å². The van der Waals surface area contributed by atoms with Crippen LogP contribution in [0.25, 0.3) is 10.9 Å². The summed E-state index contributed by atoms with van der Waals surface area (Å²) in [6, 6.07) is 15.2. The van der Waals surface area contributed by atoms with E-state index in [0.29, 0.717) is 10.6 Å². The maximum atomic E-state index is 9.00. The Bertz CT molecular complexity index is 870. The van der Waals surface area contributed by atoms with Gasteiger partial charge in [0.1, 0.15) is 12.1 Å². The van der Waals surface area contributed by atoms with Crippen LogP contribution in [0.15, 0.2) is 48.8 Å². The van der Waals surface area contributed by atoms with Gasteiger partial charge in [-0.05, 0) is 42.8 Å². The van der Waals surface area contributed by atoms with Crippen LogP contribution in [0.2, 0.25) is 5.02 Å². The number of hydrogen-bond acceptors (Lipinski definition) is 4. The number of benzene rings is 2. The number of anilines is 1. The molecule has 0 aliphatic heterocycles. The van der Waals surface area contributed by atoms with Crippen molar-refractivity contribution in [1.29, 1.82) is 5.26 Å². The summed E-state index contributed by atoms with van der Waals surface area (Å²) in [5.74, 6) is 0.747. The van der Waals surface area contributed by atoms with Gasteiger partial charge >= 0.3 is 0 Å². The van der Waals surface area contributed by atoms with Crippen LogP contribution in [0.3, 0.4) is 0 Å². The Morgan fingerprint density at radius 2 is 2.05 bits per heavy atom. The lowest BCUT2D eigenvalue weighted by Gasteiger charge is -2.16. The molecule has 0 saturated carbocycles. The first-order valence-electron chi connectivity index (χ1n) is 6.84. The van der Waals surface area contributed by atoms with Crippen molar-refractivity contribution in [1.82, 2.24) is 9.97 Å². The number of hydrogen-bond donors (Lipinski definition) is 1. The van der Waals surface area contributed by atoms with Gasteiger partial charge in [-0.25, -0.2) is 9.97 Å². The van der Waals surface area contributed by atoms with Crippen molar-refractivity contribution in [3.05, 3.63) is 64.9 Å². The van der Waals surface area contributed by atoms with E-state index in [1.165, 1.54) is 6.33 Å². The van der Waals surface area contributed by atoms with E-state index in [-0.39, 0.29) is 6.04 Å². The number of aromatic nitrogens is 2. The van der Waals surface area contributed by atoms with E-state index in [2.05, 4.69) is 21.4 Å². The summed E-state index contributed by atoms with van der Waals surface area (Å²) in [4.78, 5) is 8.55. The fourth-order valence-electron chi connectivity index (χ4n) is 2.31. The van der Waals surface area contributed by atoms with E-state index in [4.69, 9.17) is 16.9 Å². The number of fused-ring (bicyclic) bond motifs is 1. The molecule has 1 unspecified atom stereocenters. The van der Waals surface area contributed by atoms with Gasteiger partial charge in [-0.15, -0.1) is 0 Å². The second kappa shape index (κ2) is 6.00. The molecule has 0 spiro atoms. The second-order valence-electron chi connectivity index (χ2n) is 4.99. The third-order valence-corrected chi connectivity index (χ3v) is 3.70. The van der Waals surface area contributed by atoms with Gasteiger partial charge in [-0.3, -0.25) is 0 Å². The minimum Gasteiger partial charge on any atom is -0.363 e. The Kier molecular flexibility index (Phi) is 3.90. The fourth-order valence-corrected chi connectivity index (χ4v) is 2.48. The number of nitriles is 1. The van der Waals surface area contributed by atoms with E-state index in [1.807, 2.05) is 43.3 Å². The Labute approximate surface area is 133 Å². The minimum absolute atomic E-state index is 0.0158. The van der Waals surface area contributed by atoms with Crippen molar-refractivity contribution in [3.8, 4) is 6.07 Å². The molecule has 0 saturated heterocycles. The molecule has 0 amide bonds. The van der Waals surface area contributed by atoms with Crippen LogP contribution in [-0.2, 0) is 0 Å². The summed E-state index contributed by atoms with van der Waals surface area (Å²) in [6.45, 7) is 2.03.